The topological polar surface area (TPSA) is 42.0 Å². The Kier molecular flexibility index (Phi) is 5.99. The third-order valence-corrected chi connectivity index (χ3v) is 5.07. The number of piperazine rings is 1. The normalized spacial score (nSPS) is 16.5. The van der Waals surface area contributed by atoms with Crippen LogP contribution in [0.5, 0.6) is 5.75 Å². The molecular weight excluding hydrogens is 328 g/mol. The first kappa shape index (κ1) is 18.5. The van der Waals surface area contributed by atoms with Gasteiger partial charge in [-0.1, -0.05) is 31.2 Å². The highest BCUT2D eigenvalue weighted by Gasteiger charge is 2.23. The molecule has 1 atom stereocenters. The fourth-order valence-corrected chi connectivity index (χ4v) is 3.50. The predicted octanol–water partition coefficient (Wildman–Crippen LogP) is 3.73. The van der Waals surface area contributed by atoms with Crippen LogP contribution >= 0.6 is 0 Å². The van der Waals surface area contributed by atoms with Crippen LogP contribution in [0.25, 0.3) is 10.8 Å². The molecule has 1 unspecified atom stereocenters. The van der Waals surface area contributed by atoms with Gasteiger partial charge in [-0.15, -0.1) is 0 Å². The van der Waals surface area contributed by atoms with E-state index in [2.05, 4.69) is 42.2 Å². The van der Waals surface area contributed by atoms with Crippen molar-refractivity contribution < 1.29 is 14.3 Å². The quantitative estimate of drug-likeness (QED) is 0.819. The maximum absolute atomic E-state index is 11.8. The van der Waals surface area contributed by atoms with Crippen molar-refractivity contribution >= 4 is 16.9 Å². The van der Waals surface area contributed by atoms with Gasteiger partial charge in [0.05, 0.1) is 13.7 Å². The molecular formula is C21H28N2O3. The molecule has 0 saturated carbocycles. The standard InChI is InChI=1S/C21H28N2O3/c1-4-26-21(24)23-11-9-22(10-12-23)15-16(2)17-5-6-19-14-20(25-3)8-7-18(19)13-17/h5-8,13-14,16H,4,9-12,15H2,1-3H3. The molecule has 26 heavy (non-hydrogen) atoms. The molecule has 5 heteroatoms. The zero-order chi connectivity index (χ0) is 18.5. The molecule has 0 N–H and O–H groups in total. The Balaban J connectivity index is 1.59. The van der Waals surface area contributed by atoms with Gasteiger partial charge in [-0.05, 0) is 41.3 Å². The molecule has 0 bridgehead atoms. The summed E-state index contributed by atoms with van der Waals surface area (Å²) in [5, 5.41) is 2.44. The zero-order valence-electron chi connectivity index (χ0n) is 15.9. The lowest BCUT2D eigenvalue weighted by Gasteiger charge is -2.35. The number of hydrogen-bond donors (Lipinski definition) is 0. The van der Waals surface area contributed by atoms with E-state index < -0.39 is 0 Å². The smallest absolute Gasteiger partial charge is 0.409 e. The average molecular weight is 356 g/mol. The van der Waals surface area contributed by atoms with Crippen molar-refractivity contribution in [3.63, 3.8) is 0 Å². The maximum Gasteiger partial charge on any atom is 0.409 e. The van der Waals surface area contributed by atoms with E-state index in [-0.39, 0.29) is 6.09 Å². The van der Waals surface area contributed by atoms with E-state index in [9.17, 15) is 4.79 Å². The number of amides is 1. The van der Waals surface area contributed by atoms with Crippen LogP contribution in [-0.4, -0.2) is 62.3 Å². The number of benzene rings is 2. The molecule has 2 aromatic rings. The van der Waals surface area contributed by atoms with Gasteiger partial charge in [0.25, 0.3) is 0 Å². The molecule has 0 spiro atoms. The SMILES string of the molecule is CCOC(=O)N1CCN(CC(C)c2ccc3cc(OC)ccc3c2)CC1. The van der Waals surface area contributed by atoms with Crippen LogP contribution in [0.1, 0.15) is 25.3 Å². The van der Waals surface area contributed by atoms with Crippen molar-refractivity contribution in [3.8, 4) is 5.75 Å². The Bertz CT molecular complexity index is 754. The molecule has 5 nitrogen and oxygen atoms in total. The van der Waals surface area contributed by atoms with E-state index in [0.717, 1.165) is 38.5 Å². The van der Waals surface area contributed by atoms with Gasteiger partial charge in [0.1, 0.15) is 5.75 Å². The van der Waals surface area contributed by atoms with Crippen molar-refractivity contribution in [1.29, 1.82) is 0 Å². The monoisotopic (exact) mass is 356 g/mol. The molecule has 2 aromatic carbocycles. The van der Waals surface area contributed by atoms with Gasteiger partial charge in [-0.2, -0.15) is 0 Å². The molecule has 0 aliphatic carbocycles. The van der Waals surface area contributed by atoms with Crippen LogP contribution in [-0.2, 0) is 4.74 Å². The number of methoxy groups -OCH3 is 1. The Morgan fingerprint density at radius 2 is 1.77 bits per heavy atom. The largest absolute Gasteiger partial charge is 0.497 e. The molecule has 1 fully saturated rings. The van der Waals surface area contributed by atoms with Crippen LogP contribution in [0.4, 0.5) is 4.79 Å². The van der Waals surface area contributed by atoms with Gasteiger partial charge < -0.3 is 14.4 Å². The fraction of sp³-hybridized carbons (Fsp3) is 0.476. The predicted molar refractivity (Wildman–Crippen MR) is 104 cm³/mol. The highest BCUT2D eigenvalue weighted by Crippen LogP contribution is 2.25. The van der Waals surface area contributed by atoms with Crippen molar-refractivity contribution in [1.82, 2.24) is 9.80 Å². The van der Waals surface area contributed by atoms with Crippen molar-refractivity contribution in [2.24, 2.45) is 0 Å². The lowest BCUT2D eigenvalue weighted by Crippen LogP contribution is -2.49. The van der Waals surface area contributed by atoms with Gasteiger partial charge in [-0.25, -0.2) is 4.79 Å². The molecule has 1 aliphatic heterocycles. The van der Waals surface area contributed by atoms with Crippen LogP contribution in [0.2, 0.25) is 0 Å². The second kappa shape index (κ2) is 8.41. The van der Waals surface area contributed by atoms with Gasteiger partial charge >= 0.3 is 6.09 Å². The van der Waals surface area contributed by atoms with Crippen molar-refractivity contribution in [2.75, 3.05) is 46.4 Å². The Morgan fingerprint density at radius 3 is 2.46 bits per heavy atom. The molecule has 1 aliphatic rings. The van der Waals surface area contributed by atoms with Gasteiger partial charge in [-0.3, -0.25) is 4.90 Å². The molecule has 140 valence electrons. The number of carbonyl (C=O) groups excluding carboxylic acids is 1. The Morgan fingerprint density at radius 1 is 1.08 bits per heavy atom. The van der Waals surface area contributed by atoms with E-state index in [1.807, 2.05) is 13.0 Å². The van der Waals surface area contributed by atoms with Crippen LogP contribution in [0.3, 0.4) is 0 Å². The van der Waals surface area contributed by atoms with Crippen molar-refractivity contribution in [2.45, 2.75) is 19.8 Å². The second-order valence-electron chi connectivity index (χ2n) is 6.86. The zero-order valence-corrected chi connectivity index (χ0v) is 15.9. The summed E-state index contributed by atoms with van der Waals surface area (Å²) >= 11 is 0. The Labute approximate surface area is 155 Å². The average Bonchev–Trinajstić information content (AvgIpc) is 2.67. The summed E-state index contributed by atoms with van der Waals surface area (Å²) in [5.41, 5.74) is 1.34. The Hall–Kier alpha value is -2.27. The fourth-order valence-electron chi connectivity index (χ4n) is 3.50. The summed E-state index contributed by atoms with van der Waals surface area (Å²) in [6, 6.07) is 12.8. The molecule has 3 rings (SSSR count). The van der Waals surface area contributed by atoms with E-state index in [0.29, 0.717) is 12.5 Å². The minimum Gasteiger partial charge on any atom is -0.497 e. The summed E-state index contributed by atoms with van der Waals surface area (Å²) in [6.45, 7) is 8.81. The molecule has 1 heterocycles. The number of rotatable bonds is 5. The first-order chi connectivity index (χ1) is 12.6. The number of nitrogens with zero attached hydrogens (tertiary/aromatic N) is 2. The summed E-state index contributed by atoms with van der Waals surface area (Å²) in [7, 11) is 1.69. The van der Waals surface area contributed by atoms with Gasteiger partial charge in [0, 0.05) is 32.7 Å². The van der Waals surface area contributed by atoms with Gasteiger partial charge in [0.2, 0.25) is 0 Å². The van der Waals surface area contributed by atoms with Crippen LogP contribution in [0.15, 0.2) is 36.4 Å². The minimum absolute atomic E-state index is 0.190. The number of hydrogen-bond acceptors (Lipinski definition) is 4. The molecule has 0 aromatic heterocycles. The summed E-state index contributed by atoms with van der Waals surface area (Å²) < 4.78 is 10.4. The van der Waals surface area contributed by atoms with E-state index in [4.69, 9.17) is 9.47 Å². The maximum atomic E-state index is 11.8. The number of fused-ring (bicyclic) bond motifs is 1. The third-order valence-electron chi connectivity index (χ3n) is 5.07. The summed E-state index contributed by atoms with van der Waals surface area (Å²) in [4.78, 5) is 16.0. The molecule has 0 radical (unpaired) electrons. The van der Waals surface area contributed by atoms with E-state index >= 15 is 0 Å². The van der Waals surface area contributed by atoms with Crippen molar-refractivity contribution in [3.05, 3.63) is 42.0 Å². The number of carbonyl (C=O) groups is 1. The number of ether oxygens (including phenoxy) is 2. The lowest BCUT2D eigenvalue weighted by molar-refractivity contribution is 0.0784. The summed E-state index contributed by atoms with van der Waals surface area (Å²) in [5.74, 6) is 1.33. The molecule has 1 amide bonds. The molecule has 1 saturated heterocycles. The lowest BCUT2D eigenvalue weighted by atomic mass is 9.97. The summed E-state index contributed by atoms with van der Waals surface area (Å²) in [6.07, 6.45) is -0.190. The first-order valence-corrected chi connectivity index (χ1v) is 9.32. The minimum atomic E-state index is -0.190. The second-order valence-corrected chi connectivity index (χ2v) is 6.86. The van der Waals surface area contributed by atoms with Gasteiger partial charge in [0.15, 0.2) is 0 Å². The van der Waals surface area contributed by atoms with E-state index in [1.54, 1.807) is 12.0 Å². The first-order valence-electron chi connectivity index (χ1n) is 9.32. The van der Waals surface area contributed by atoms with Crippen LogP contribution < -0.4 is 4.74 Å². The highest BCUT2D eigenvalue weighted by atomic mass is 16.6. The van der Waals surface area contributed by atoms with Crippen LogP contribution in [0, 0.1) is 0 Å². The highest BCUT2D eigenvalue weighted by molar-refractivity contribution is 5.84. The third kappa shape index (κ3) is 4.28. The van der Waals surface area contributed by atoms with E-state index in [1.165, 1.54) is 16.3 Å².